The molecule has 1 aliphatic rings. The Bertz CT molecular complexity index is 1070. The van der Waals surface area contributed by atoms with Gasteiger partial charge >= 0.3 is 0 Å². The number of aromatic amines is 1. The monoisotopic (exact) mass is 421 g/mol. The van der Waals surface area contributed by atoms with Crippen LogP contribution in [-0.4, -0.2) is 27.6 Å². The van der Waals surface area contributed by atoms with E-state index >= 15 is 0 Å². The zero-order valence-electron chi connectivity index (χ0n) is 17.2. The van der Waals surface area contributed by atoms with E-state index in [0.717, 1.165) is 35.2 Å². The number of anilines is 1. The number of hydrogen-bond acceptors (Lipinski definition) is 3. The number of hydrogen-bond donors (Lipinski definition) is 2. The van der Waals surface area contributed by atoms with E-state index in [1.165, 1.54) is 12.8 Å². The molecule has 1 fully saturated rings. The molecule has 0 saturated heterocycles. The van der Waals surface area contributed by atoms with E-state index in [1.807, 2.05) is 61.5 Å². The molecule has 0 bridgehead atoms. The number of thiocarbonyl (C=S) groups is 1. The summed E-state index contributed by atoms with van der Waals surface area (Å²) in [4.78, 5) is 18.0. The number of nitrogens with zero attached hydrogens (tertiary/aromatic N) is 1. The average Bonchev–Trinajstić information content (AvgIpc) is 3.28. The number of ether oxygens (including phenoxy) is 1. The molecule has 156 valence electrons. The molecular weight excluding hydrogens is 394 g/mol. The summed E-state index contributed by atoms with van der Waals surface area (Å²) >= 11 is 5.77. The SMILES string of the molecule is CCOc1ccc2[nH]c(=O)c(CN(C(=S)Nc3ccccc3)C3CCCC3)cc2c1. The Morgan fingerprint density at radius 2 is 1.93 bits per heavy atom. The predicted molar refractivity (Wildman–Crippen MR) is 126 cm³/mol. The van der Waals surface area contributed by atoms with E-state index in [-0.39, 0.29) is 5.56 Å². The first-order chi connectivity index (χ1) is 14.6. The minimum Gasteiger partial charge on any atom is -0.494 e. The molecule has 0 aliphatic heterocycles. The summed E-state index contributed by atoms with van der Waals surface area (Å²) in [5, 5.41) is 4.97. The van der Waals surface area contributed by atoms with Crippen LogP contribution < -0.4 is 15.6 Å². The van der Waals surface area contributed by atoms with E-state index < -0.39 is 0 Å². The van der Waals surface area contributed by atoms with Crippen molar-refractivity contribution in [1.29, 1.82) is 0 Å². The predicted octanol–water partition coefficient (Wildman–Crippen LogP) is 5.07. The van der Waals surface area contributed by atoms with Crippen molar-refractivity contribution in [3.63, 3.8) is 0 Å². The van der Waals surface area contributed by atoms with Gasteiger partial charge in [-0.05, 0) is 68.4 Å². The molecule has 30 heavy (non-hydrogen) atoms. The molecule has 2 N–H and O–H groups in total. The highest BCUT2D eigenvalue weighted by molar-refractivity contribution is 7.80. The molecule has 3 aromatic rings. The van der Waals surface area contributed by atoms with Gasteiger partial charge in [0.2, 0.25) is 0 Å². The van der Waals surface area contributed by atoms with Crippen LogP contribution >= 0.6 is 12.2 Å². The van der Waals surface area contributed by atoms with Gasteiger partial charge in [0.05, 0.1) is 13.2 Å². The average molecular weight is 422 g/mol. The van der Waals surface area contributed by atoms with Gasteiger partial charge in [-0.2, -0.15) is 0 Å². The fraction of sp³-hybridized carbons (Fsp3) is 0.333. The van der Waals surface area contributed by atoms with Crippen molar-refractivity contribution in [1.82, 2.24) is 9.88 Å². The van der Waals surface area contributed by atoms with Gasteiger partial charge in [0.15, 0.2) is 5.11 Å². The molecule has 0 unspecified atom stereocenters. The van der Waals surface area contributed by atoms with Crippen LogP contribution in [0.25, 0.3) is 10.9 Å². The molecule has 0 radical (unpaired) electrons. The van der Waals surface area contributed by atoms with Gasteiger partial charge < -0.3 is 19.9 Å². The molecule has 6 heteroatoms. The lowest BCUT2D eigenvalue weighted by molar-refractivity contribution is 0.311. The lowest BCUT2D eigenvalue weighted by Crippen LogP contribution is -2.42. The molecule has 0 spiro atoms. The maximum Gasteiger partial charge on any atom is 0.253 e. The molecule has 1 aromatic heterocycles. The molecule has 1 heterocycles. The second-order valence-electron chi connectivity index (χ2n) is 7.67. The zero-order chi connectivity index (χ0) is 20.9. The molecule has 1 saturated carbocycles. The van der Waals surface area contributed by atoms with Crippen LogP contribution in [0, 0.1) is 0 Å². The second-order valence-corrected chi connectivity index (χ2v) is 8.05. The van der Waals surface area contributed by atoms with Crippen molar-refractivity contribution in [3.05, 3.63) is 70.5 Å². The van der Waals surface area contributed by atoms with E-state index in [2.05, 4.69) is 15.2 Å². The Morgan fingerprint density at radius 3 is 2.67 bits per heavy atom. The van der Waals surface area contributed by atoms with E-state index in [0.29, 0.717) is 29.9 Å². The van der Waals surface area contributed by atoms with Gasteiger partial charge in [0.1, 0.15) is 5.75 Å². The van der Waals surface area contributed by atoms with Crippen LogP contribution in [0.1, 0.15) is 38.2 Å². The van der Waals surface area contributed by atoms with Gasteiger partial charge in [-0.1, -0.05) is 31.0 Å². The summed E-state index contributed by atoms with van der Waals surface area (Å²) in [6.45, 7) is 3.05. The molecule has 4 rings (SSSR count). The van der Waals surface area contributed by atoms with Gasteiger partial charge in [0, 0.05) is 28.2 Å². The van der Waals surface area contributed by atoms with Crippen LogP contribution in [-0.2, 0) is 6.54 Å². The number of nitrogens with one attached hydrogen (secondary N) is 2. The first-order valence-corrected chi connectivity index (χ1v) is 11.0. The number of benzene rings is 2. The van der Waals surface area contributed by atoms with Crippen molar-refractivity contribution in [2.75, 3.05) is 11.9 Å². The van der Waals surface area contributed by atoms with Crippen LogP contribution in [0.2, 0.25) is 0 Å². The number of rotatable bonds is 6. The molecule has 0 amide bonds. The van der Waals surface area contributed by atoms with Gasteiger partial charge in [0.25, 0.3) is 5.56 Å². The fourth-order valence-corrected chi connectivity index (χ4v) is 4.42. The fourth-order valence-electron chi connectivity index (χ4n) is 4.09. The van der Waals surface area contributed by atoms with Crippen molar-refractivity contribution in [2.45, 2.75) is 45.2 Å². The number of pyridine rings is 1. The van der Waals surface area contributed by atoms with Crippen LogP contribution in [0.4, 0.5) is 5.69 Å². The quantitative estimate of drug-likeness (QED) is 0.544. The highest BCUT2D eigenvalue weighted by Gasteiger charge is 2.25. The van der Waals surface area contributed by atoms with Gasteiger partial charge in [-0.15, -0.1) is 0 Å². The molecule has 0 atom stereocenters. The Kier molecular flexibility index (Phi) is 6.33. The first kappa shape index (κ1) is 20.4. The highest BCUT2D eigenvalue weighted by Crippen LogP contribution is 2.26. The highest BCUT2D eigenvalue weighted by atomic mass is 32.1. The summed E-state index contributed by atoms with van der Waals surface area (Å²) in [6, 6.07) is 18.0. The Morgan fingerprint density at radius 1 is 1.17 bits per heavy atom. The number of aromatic nitrogens is 1. The van der Waals surface area contributed by atoms with Crippen molar-refractivity contribution >= 4 is 33.9 Å². The molecule has 1 aliphatic carbocycles. The largest absolute Gasteiger partial charge is 0.494 e. The molecule has 5 nitrogen and oxygen atoms in total. The zero-order valence-corrected chi connectivity index (χ0v) is 18.0. The number of H-pyrrole nitrogens is 1. The molecular formula is C24H27N3O2S. The standard InChI is InChI=1S/C24H27N3O2S/c1-2-29-21-12-13-22-17(15-21)14-18(23(28)26-22)16-27(20-10-6-7-11-20)24(30)25-19-8-4-3-5-9-19/h3-5,8-9,12-15,20H,2,6-7,10-11,16H2,1H3,(H,25,30)(H,26,28). The first-order valence-electron chi connectivity index (χ1n) is 10.6. The Labute approximate surface area is 182 Å². The number of fused-ring (bicyclic) bond motifs is 1. The summed E-state index contributed by atoms with van der Waals surface area (Å²) in [5.41, 5.74) is 2.40. The van der Waals surface area contributed by atoms with Crippen molar-refractivity contribution in [2.24, 2.45) is 0 Å². The minimum absolute atomic E-state index is 0.0721. The maximum absolute atomic E-state index is 12.8. The second kappa shape index (κ2) is 9.30. The summed E-state index contributed by atoms with van der Waals surface area (Å²) in [5.74, 6) is 0.803. The van der Waals surface area contributed by atoms with Crippen LogP contribution in [0.15, 0.2) is 59.4 Å². The normalized spacial score (nSPS) is 14.0. The number of para-hydroxylation sites is 1. The van der Waals surface area contributed by atoms with Crippen molar-refractivity contribution < 1.29 is 4.74 Å². The third kappa shape index (κ3) is 4.65. The van der Waals surface area contributed by atoms with Gasteiger partial charge in [-0.25, -0.2) is 0 Å². The Hall–Kier alpha value is -2.86. The summed E-state index contributed by atoms with van der Waals surface area (Å²) in [6.07, 6.45) is 4.58. The van der Waals surface area contributed by atoms with E-state index in [9.17, 15) is 4.79 Å². The van der Waals surface area contributed by atoms with Crippen LogP contribution in [0.5, 0.6) is 5.75 Å². The Balaban J connectivity index is 1.63. The summed E-state index contributed by atoms with van der Waals surface area (Å²) < 4.78 is 5.62. The van der Waals surface area contributed by atoms with E-state index in [4.69, 9.17) is 17.0 Å². The van der Waals surface area contributed by atoms with Gasteiger partial charge in [-0.3, -0.25) is 4.79 Å². The third-order valence-electron chi connectivity index (χ3n) is 5.60. The molecule has 2 aromatic carbocycles. The van der Waals surface area contributed by atoms with Crippen LogP contribution in [0.3, 0.4) is 0 Å². The lowest BCUT2D eigenvalue weighted by Gasteiger charge is -2.31. The van der Waals surface area contributed by atoms with Crippen molar-refractivity contribution in [3.8, 4) is 5.75 Å². The smallest absolute Gasteiger partial charge is 0.253 e. The lowest BCUT2D eigenvalue weighted by atomic mass is 10.1. The topological polar surface area (TPSA) is 57.4 Å². The maximum atomic E-state index is 12.8. The summed E-state index contributed by atoms with van der Waals surface area (Å²) in [7, 11) is 0. The third-order valence-corrected chi connectivity index (χ3v) is 5.93. The van der Waals surface area contributed by atoms with E-state index in [1.54, 1.807) is 0 Å². The minimum atomic E-state index is -0.0721.